The lowest BCUT2D eigenvalue weighted by atomic mass is 10.3. The molecule has 0 bridgehead atoms. The van der Waals surface area contributed by atoms with Gasteiger partial charge < -0.3 is 15.0 Å². The second-order valence-electron chi connectivity index (χ2n) is 3.59. The topological polar surface area (TPSA) is 58.6 Å². The summed E-state index contributed by atoms with van der Waals surface area (Å²) in [4.78, 5) is 24.1. The molecule has 0 aliphatic carbocycles. The highest BCUT2D eigenvalue weighted by Gasteiger charge is 2.13. The van der Waals surface area contributed by atoms with Crippen LogP contribution in [0.5, 0.6) is 0 Å². The molecule has 1 rings (SSSR count). The Morgan fingerprint density at radius 1 is 1.56 bits per heavy atom. The maximum atomic E-state index is 11.6. The summed E-state index contributed by atoms with van der Waals surface area (Å²) < 4.78 is 5.80. The highest BCUT2D eigenvalue weighted by Crippen LogP contribution is 2.20. The lowest BCUT2D eigenvalue weighted by Gasteiger charge is -2.15. The maximum Gasteiger partial charge on any atom is 0.409 e. The molecule has 0 aromatic carbocycles. The molecule has 0 fully saturated rings. The molecule has 1 aromatic rings. The number of likely N-dealkylation sites (N-methyl/N-ethyl adjacent to an activating group) is 1. The van der Waals surface area contributed by atoms with Gasteiger partial charge in [0.2, 0.25) is 5.91 Å². The van der Waals surface area contributed by atoms with Crippen molar-refractivity contribution in [2.24, 2.45) is 0 Å². The lowest BCUT2D eigenvalue weighted by Crippen LogP contribution is -2.38. The molecule has 0 aliphatic rings. The van der Waals surface area contributed by atoms with E-state index >= 15 is 0 Å². The van der Waals surface area contributed by atoms with E-state index in [0.717, 1.165) is 9.35 Å². The molecule has 7 heteroatoms. The van der Waals surface area contributed by atoms with Crippen LogP contribution >= 0.6 is 27.3 Å². The fourth-order valence-corrected chi connectivity index (χ4v) is 2.42. The van der Waals surface area contributed by atoms with Crippen LogP contribution in [0.15, 0.2) is 15.2 Å². The number of carbonyl (C=O) groups excluding carboxylic acids is 2. The van der Waals surface area contributed by atoms with Crippen LogP contribution in [-0.4, -0.2) is 37.1 Å². The van der Waals surface area contributed by atoms with E-state index in [1.807, 2.05) is 11.4 Å². The van der Waals surface area contributed by atoms with Gasteiger partial charge in [-0.2, -0.15) is 0 Å². The van der Waals surface area contributed by atoms with Crippen molar-refractivity contribution < 1.29 is 14.3 Å². The van der Waals surface area contributed by atoms with Crippen LogP contribution in [0.1, 0.15) is 12.5 Å². The fraction of sp³-hybridized carbons (Fsp3) is 0.455. The van der Waals surface area contributed by atoms with Gasteiger partial charge in [0.1, 0.15) is 6.54 Å². The summed E-state index contributed by atoms with van der Waals surface area (Å²) in [5.41, 5.74) is 1.03. The van der Waals surface area contributed by atoms with E-state index in [1.54, 1.807) is 18.3 Å². The first-order valence-corrected chi connectivity index (χ1v) is 7.07. The van der Waals surface area contributed by atoms with E-state index in [4.69, 9.17) is 4.74 Å². The molecule has 2 amide bonds. The van der Waals surface area contributed by atoms with Gasteiger partial charge in [-0.1, -0.05) is 0 Å². The largest absolute Gasteiger partial charge is 0.450 e. The molecule has 0 radical (unpaired) electrons. The lowest BCUT2D eigenvalue weighted by molar-refractivity contribution is -0.121. The number of amides is 2. The molecule has 1 aromatic heterocycles. The Hall–Kier alpha value is -1.08. The first-order chi connectivity index (χ1) is 8.52. The van der Waals surface area contributed by atoms with Gasteiger partial charge in [-0.05, 0) is 39.9 Å². The van der Waals surface area contributed by atoms with Crippen molar-refractivity contribution in [3.05, 3.63) is 20.8 Å². The number of carbonyl (C=O) groups is 2. The number of ether oxygens (including phenoxy) is 1. The zero-order chi connectivity index (χ0) is 13.5. The summed E-state index contributed by atoms with van der Waals surface area (Å²) in [6, 6.07) is 1.94. The molecule has 0 saturated heterocycles. The quantitative estimate of drug-likeness (QED) is 0.898. The van der Waals surface area contributed by atoms with Gasteiger partial charge in [-0.3, -0.25) is 4.79 Å². The van der Waals surface area contributed by atoms with E-state index in [2.05, 4.69) is 21.2 Å². The number of hydrogen-bond acceptors (Lipinski definition) is 4. The van der Waals surface area contributed by atoms with Crippen LogP contribution in [0.3, 0.4) is 0 Å². The molecule has 100 valence electrons. The third-order valence-corrected chi connectivity index (χ3v) is 3.62. The first-order valence-electron chi connectivity index (χ1n) is 5.40. The Morgan fingerprint density at radius 3 is 2.83 bits per heavy atom. The van der Waals surface area contributed by atoms with Crippen molar-refractivity contribution in [2.45, 2.75) is 13.5 Å². The summed E-state index contributed by atoms with van der Waals surface area (Å²) in [7, 11) is 1.53. The van der Waals surface area contributed by atoms with E-state index in [1.165, 1.54) is 11.9 Å². The summed E-state index contributed by atoms with van der Waals surface area (Å²) in [5.74, 6) is -0.215. The molecular formula is C11H15BrN2O3S. The van der Waals surface area contributed by atoms with Crippen LogP contribution in [-0.2, 0) is 16.1 Å². The fourth-order valence-electron chi connectivity index (χ4n) is 1.21. The SMILES string of the molecule is CCOC(=O)N(C)CC(=O)NCc1csc(Br)c1. The highest BCUT2D eigenvalue weighted by atomic mass is 79.9. The van der Waals surface area contributed by atoms with Gasteiger partial charge in [-0.15, -0.1) is 11.3 Å². The average Bonchev–Trinajstić information content (AvgIpc) is 2.73. The van der Waals surface area contributed by atoms with Gasteiger partial charge in [0.15, 0.2) is 0 Å². The minimum Gasteiger partial charge on any atom is -0.450 e. The Bertz CT molecular complexity index is 422. The third kappa shape index (κ3) is 5.05. The summed E-state index contributed by atoms with van der Waals surface area (Å²) in [6.45, 7) is 2.47. The molecule has 1 N–H and O–H groups in total. The molecular weight excluding hydrogens is 320 g/mol. The first kappa shape index (κ1) is 15.0. The summed E-state index contributed by atoms with van der Waals surface area (Å²) in [5, 5.41) is 4.70. The van der Waals surface area contributed by atoms with Crippen LogP contribution in [0, 0.1) is 0 Å². The van der Waals surface area contributed by atoms with Crippen LogP contribution in [0.25, 0.3) is 0 Å². The predicted molar refractivity (Wildman–Crippen MR) is 73.5 cm³/mol. The Balaban J connectivity index is 2.31. The van der Waals surface area contributed by atoms with Crippen LogP contribution in [0.4, 0.5) is 4.79 Å². The summed E-state index contributed by atoms with van der Waals surface area (Å²) >= 11 is 4.91. The monoisotopic (exact) mass is 334 g/mol. The Labute approximate surface area is 118 Å². The molecule has 0 aliphatic heterocycles. The second-order valence-corrected chi connectivity index (χ2v) is 5.88. The van der Waals surface area contributed by atoms with Gasteiger partial charge in [0, 0.05) is 13.6 Å². The van der Waals surface area contributed by atoms with Crippen LogP contribution in [0.2, 0.25) is 0 Å². The number of rotatable bonds is 5. The summed E-state index contributed by atoms with van der Waals surface area (Å²) in [6.07, 6.45) is -0.495. The molecule has 0 spiro atoms. The number of thiophene rings is 1. The van der Waals surface area contributed by atoms with E-state index in [-0.39, 0.29) is 12.5 Å². The Morgan fingerprint density at radius 2 is 2.28 bits per heavy atom. The standard InChI is InChI=1S/C11H15BrN2O3S/c1-3-17-11(16)14(2)6-10(15)13-5-8-4-9(12)18-7-8/h4,7H,3,5-6H2,1-2H3,(H,13,15). The zero-order valence-corrected chi connectivity index (χ0v) is 12.6. The number of hydrogen-bond donors (Lipinski definition) is 1. The number of nitrogens with zero attached hydrogens (tertiary/aromatic N) is 1. The number of halogens is 1. The van der Waals surface area contributed by atoms with Crippen LogP contribution < -0.4 is 5.32 Å². The van der Waals surface area contributed by atoms with Crippen molar-refractivity contribution >= 4 is 39.3 Å². The van der Waals surface area contributed by atoms with Gasteiger partial charge >= 0.3 is 6.09 Å². The normalized spacial score (nSPS) is 9.94. The van der Waals surface area contributed by atoms with Gasteiger partial charge in [0.05, 0.1) is 10.4 Å². The molecule has 18 heavy (non-hydrogen) atoms. The Kier molecular flexibility index (Phi) is 6.14. The van der Waals surface area contributed by atoms with Crippen molar-refractivity contribution in [3.63, 3.8) is 0 Å². The van der Waals surface area contributed by atoms with E-state index < -0.39 is 6.09 Å². The molecule has 5 nitrogen and oxygen atoms in total. The zero-order valence-electron chi connectivity index (χ0n) is 10.2. The van der Waals surface area contributed by atoms with E-state index in [9.17, 15) is 9.59 Å². The van der Waals surface area contributed by atoms with Crippen molar-refractivity contribution in [3.8, 4) is 0 Å². The van der Waals surface area contributed by atoms with Crippen molar-refractivity contribution in [2.75, 3.05) is 20.2 Å². The molecule has 0 atom stereocenters. The van der Waals surface area contributed by atoms with Gasteiger partial charge in [-0.25, -0.2) is 4.79 Å². The smallest absolute Gasteiger partial charge is 0.409 e. The van der Waals surface area contributed by atoms with Gasteiger partial charge in [0.25, 0.3) is 0 Å². The van der Waals surface area contributed by atoms with Crippen molar-refractivity contribution in [1.82, 2.24) is 10.2 Å². The molecule has 0 saturated carbocycles. The number of nitrogens with one attached hydrogen (secondary N) is 1. The minimum atomic E-state index is -0.495. The second kappa shape index (κ2) is 7.38. The van der Waals surface area contributed by atoms with E-state index in [0.29, 0.717) is 13.2 Å². The molecule has 1 heterocycles. The third-order valence-electron chi connectivity index (χ3n) is 2.07. The predicted octanol–water partition coefficient (Wildman–Crippen LogP) is 2.22. The average molecular weight is 335 g/mol. The highest BCUT2D eigenvalue weighted by molar-refractivity contribution is 9.11. The molecule has 0 unspecified atom stereocenters. The van der Waals surface area contributed by atoms with Crippen molar-refractivity contribution in [1.29, 1.82) is 0 Å². The maximum absolute atomic E-state index is 11.6. The minimum absolute atomic E-state index is 0.00978.